The topological polar surface area (TPSA) is 49.4 Å². The highest BCUT2D eigenvalue weighted by Gasteiger charge is 2.49. The van der Waals surface area contributed by atoms with Gasteiger partial charge in [-0.25, -0.2) is 0 Å². The average molecular weight is 539 g/mol. The minimum atomic E-state index is -0.232. The van der Waals surface area contributed by atoms with Crippen LogP contribution < -0.4 is 14.2 Å². The maximum absolute atomic E-state index is 6.73. The van der Waals surface area contributed by atoms with Crippen LogP contribution in [0.4, 0.5) is 0 Å². The second-order valence-corrected chi connectivity index (χ2v) is 10.5. The SMILES string of the molecule is CCCC1(c2ccc(Cl)c(Cl)c2)CN(Cc2cc(OC)c(OC)c(OC)c2)CC1OC1CCCCO1. The number of hydrogen-bond acceptors (Lipinski definition) is 6. The Kier molecular flexibility index (Phi) is 9.29. The molecule has 0 spiro atoms. The van der Waals surface area contributed by atoms with Crippen molar-refractivity contribution in [3.05, 3.63) is 51.5 Å². The minimum absolute atomic E-state index is 0.0418. The molecule has 3 unspecified atom stereocenters. The van der Waals surface area contributed by atoms with Crippen molar-refractivity contribution in [1.82, 2.24) is 4.90 Å². The van der Waals surface area contributed by atoms with Gasteiger partial charge in [0.2, 0.25) is 5.75 Å². The number of halogens is 2. The molecule has 0 aliphatic carbocycles. The molecule has 0 bridgehead atoms. The molecule has 2 fully saturated rings. The molecule has 2 aliphatic heterocycles. The zero-order valence-electron chi connectivity index (χ0n) is 21.6. The molecule has 0 N–H and O–H groups in total. The molecule has 2 heterocycles. The lowest BCUT2D eigenvalue weighted by atomic mass is 9.74. The van der Waals surface area contributed by atoms with Gasteiger partial charge in [0, 0.05) is 31.7 Å². The van der Waals surface area contributed by atoms with E-state index in [-0.39, 0.29) is 17.8 Å². The zero-order chi connectivity index (χ0) is 25.7. The fourth-order valence-electron chi connectivity index (χ4n) is 5.67. The summed E-state index contributed by atoms with van der Waals surface area (Å²) in [5.74, 6) is 1.90. The third-order valence-corrected chi connectivity index (χ3v) is 8.06. The van der Waals surface area contributed by atoms with Gasteiger partial charge in [-0.15, -0.1) is 0 Å². The van der Waals surface area contributed by atoms with Crippen LogP contribution in [0, 0.1) is 0 Å². The van der Waals surface area contributed by atoms with E-state index in [1.165, 1.54) is 0 Å². The number of nitrogens with zero attached hydrogens (tertiary/aromatic N) is 1. The molecular formula is C28H37Cl2NO5. The molecule has 4 rings (SSSR count). The summed E-state index contributed by atoms with van der Waals surface area (Å²) < 4.78 is 29.4. The van der Waals surface area contributed by atoms with Crippen LogP contribution in [0.1, 0.15) is 50.2 Å². The van der Waals surface area contributed by atoms with Crippen molar-refractivity contribution >= 4 is 23.2 Å². The Morgan fingerprint density at radius 1 is 1.00 bits per heavy atom. The van der Waals surface area contributed by atoms with E-state index in [9.17, 15) is 0 Å². The lowest BCUT2D eigenvalue weighted by Gasteiger charge is -2.38. The van der Waals surface area contributed by atoms with Crippen LogP contribution in [0.25, 0.3) is 0 Å². The Balaban J connectivity index is 1.67. The van der Waals surface area contributed by atoms with E-state index in [0.717, 1.165) is 69.5 Å². The van der Waals surface area contributed by atoms with Gasteiger partial charge >= 0.3 is 0 Å². The molecule has 198 valence electrons. The number of rotatable bonds is 10. The average Bonchev–Trinajstić information content (AvgIpc) is 3.22. The molecule has 0 aromatic heterocycles. The molecule has 2 aliphatic rings. The molecule has 0 saturated carbocycles. The Morgan fingerprint density at radius 2 is 1.75 bits per heavy atom. The quantitative estimate of drug-likeness (QED) is 0.345. The molecule has 0 amide bonds. The monoisotopic (exact) mass is 537 g/mol. The summed E-state index contributed by atoms with van der Waals surface area (Å²) in [6, 6.07) is 10.0. The smallest absolute Gasteiger partial charge is 0.203 e. The number of likely N-dealkylation sites (tertiary alicyclic amines) is 1. The fourth-order valence-corrected chi connectivity index (χ4v) is 5.97. The van der Waals surface area contributed by atoms with Crippen molar-refractivity contribution in [3.8, 4) is 17.2 Å². The van der Waals surface area contributed by atoms with E-state index >= 15 is 0 Å². The Bertz CT molecular complexity index is 1000. The molecule has 8 heteroatoms. The van der Waals surface area contributed by atoms with Crippen LogP contribution in [0.3, 0.4) is 0 Å². The van der Waals surface area contributed by atoms with E-state index in [2.05, 4.69) is 17.9 Å². The largest absolute Gasteiger partial charge is 0.493 e. The van der Waals surface area contributed by atoms with Crippen LogP contribution in [0.5, 0.6) is 17.2 Å². The van der Waals surface area contributed by atoms with Gasteiger partial charge in [-0.3, -0.25) is 4.90 Å². The highest BCUT2D eigenvalue weighted by molar-refractivity contribution is 6.42. The first-order valence-corrected chi connectivity index (χ1v) is 13.4. The molecule has 2 saturated heterocycles. The Hall–Kier alpha value is -1.70. The summed E-state index contributed by atoms with van der Waals surface area (Å²) in [6.07, 6.45) is 4.90. The lowest BCUT2D eigenvalue weighted by Crippen LogP contribution is -2.43. The van der Waals surface area contributed by atoms with E-state index in [4.69, 9.17) is 46.9 Å². The first kappa shape index (κ1) is 27.3. The third-order valence-electron chi connectivity index (χ3n) is 7.32. The number of benzene rings is 2. The second kappa shape index (κ2) is 12.2. The van der Waals surface area contributed by atoms with Crippen molar-refractivity contribution in [2.24, 2.45) is 0 Å². The maximum Gasteiger partial charge on any atom is 0.203 e. The van der Waals surface area contributed by atoms with Crippen molar-refractivity contribution < 1.29 is 23.7 Å². The minimum Gasteiger partial charge on any atom is -0.493 e. The number of hydrogen-bond donors (Lipinski definition) is 0. The summed E-state index contributed by atoms with van der Waals surface area (Å²) in [4.78, 5) is 2.44. The van der Waals surface area contributed by atoms with Crippen LogP contribution >= 0.6 is 23.2 Å². The van der Waals surface area contributed by atoms with E-state index in [0.29, 0.717) is 27.3 Å². The maximum atomic E-state index is 6.73. The highest BCUT2D eigenvalue weighted by Crippen LogP contribution is 2.45. The van der Waals surface area contributed by atoms with Crippen molar-refractivity contribution in [2.45, 2.75) is 63.4 Å². The van der Waals surface area contributed by atoms with Gasteiger partial charge in [0.25, 0.3) is 0 Å². The summed E-state index contributed by atoms with van der Waals surface area (Å²) in [5.41, 5.74) is 2.01. The predicted molar refractivity (Wildman–Crippen MR) is 143 cm³/mol. The fraction of sp³-hybridized carbons (Fsp3) is 0.571. The van der Waals surface area contributed by atoms with Crippen LogP contribution in [0.15, 0.2) is 30.3 Å². The van der Waals surface area contributed by atoms with Gasteiger partial charge in [0.15, 0.2) is 17.8 Å². The van der Waals surface area contributed by atoms with Gasteiger partial charge in [-0.1, -0.05) is 42.6 Å². The van der Waals surface area contributed by atoms with Gasteiger partial charge in [-0.2, -0.15) is 0 Å². The molecule has 2 aromatic rings. The van der Waals surface area contributed by atoms with E-state index in [1.54, 1.807) is 21.3 Å². The van der Waals surface area contributed by atoms with Gasteiger partial charge < -0.3 is 23.7 Å². The lowest BCUT2D eigenvalue weighted by molar-refractivity contribution is -0.196. The summed E-state index contributed by atoms with van der Waals surface area (Å²) in [7, 11) is 4.90. The van der Waals surface area contributed by atoms with Gasteiger partial charge in [-0.05, 0) is 61.1 Å². The van der Waals surface area contributed by atoms with Crippen LogP contribution in [-0.2, 0) is 21.4 Å². The molecule has 0 radical (unpaired) electrons. The molecule has 2 aromatic carbocycles. The van der Waals surface area contributed by atoms with Crippen molar-refractivity contribution in [1.29, 1.82) is 0 Å². The van der Waals surface area contributed by atoms with Crippen LogP contribution in [0.2, 0.25) is 10.0 Å². The van der Waals surface area contributed by atoms with Crippen LogP contribution in [-0.4, -0.2) is 58.3 Å². The standard InChI is InChI=1S/C28H37Cl2NO5/c1-5-11-28(20-9-10-21(29)22(30)15-20)18-31(17-25(28)36-26-8-6-7-12-35-26)16-19-13-23(32-2)27(34-4)24(14-19)33-3/h9-10,13-15,25-26H,5-8,11-12,16-18H2,1-4H3. The third kappa shape index (κ3) is 5.73. The van der Waals surface area contributed by atoms with E-state index in [1.807, 2.05) is 24.3 Å². The summed E-state index contributed by atoms with van der Waals surface area (Å²) in [6.45, 7) is 5.29. The molecule has 3 atom stereocenters. The van der Waals surface area contributed by atoms with Crippen molar-refractivity contribution in [2.75, 3.05) is 41.0 Å². The number of methoxy groups -OCH3 is 3. The summed E-state index contributed by atoms with van der Waals surface area (Å²) >= 11 is 12.8. The summed E-state index contributed by atoms with van der Waals surface area (Å²) in [5, 5.41) is 1.13. The normalized spacial score (nSPS) is 24.6. The zero-order valence-corrected chi connectivity index (χ0v) is 23.2. The van der Waals surface area contributed by atoms with Gasteiger partial charge in [0.05, 0.1) is 37.5 Å². The first-order valence-electron chi connectivity index (χ1n) is 12.7. The van der Waals surface area contributed by atoms with Gasteiger partial charge in [0.1, 0.15) is 0 Å². The first-order chi connectivity index (χ1) is 17.4. The predicted octanol–water partition coefficient (Wildman–Crippen LogP) is 6.48. The van der Waals surface area contributed by atoms with Crippen molar-refractivity contribution in [3.63, 3.8) is 0 Å². The highest BCUT2D eigenvalue weighted by atomic mass is 35.5. The number of ether oxygens (including phenoxy) is 5. The van der Waals surface area contributed by atoms with E-state index < -0.39 is 0 Å². The molecule has 6 nitrogen and oxygen atoms in total. The molecule has 36 heavy (non-hydrogen) atoms. The Labute approximate surface area is 224 Å². The Morgan fingerprint density at radius 3 is 2.33 bits per heavy atom. The second-order valence-electron chi connectivity index (χ2n) is 9.66. The molecular weight excluding hydrogens is 501 g/mol.